The summed E-state index contributed by atoms with van der Waals surface area (Å²) in [7, 11) is 1.51. The Morgan fingerprint density at radius 1 is 1.39 bits per heavy atom. The monoisotopic (exact) mass is 317 g/mol. The molecule has 0 saturated heterocycles. The number of carboxylic acid groups (broad SMARTS) is 1. The van der Waals surface area contributed by atoms with E-state index in [0.717, 1.165) is 11.3 Å². The van der Waals surface area contributed by atoms with E-state index in [0.29, 0.717) is 5.56 Å². The molecule has 7 heteroatoms. The van der Waals surface area contributed by atoms with E-state index in [9.17, 15) is 9.59 Å². The van der Waals surface area contributed by atoms with Gasteiger partial charge in [-0.1, -0.05) is 0 Å². The van der Waals surface area contributed by atoms with Gasteiger partial charge in [-0.15, -0.1) is 0 Å². The average molecular weight is 317 g/mol. The van der Waals surface area contributed by atoms with Crippen LogP contribution in [0.3, 0.4) is 0 Å². The van der Waals surface area contributed by atoms with Crippen LogP contribution in [0.25, 0.3) is 5.69 Å². The fourth-order valence-electron chi connectivity index (χ4n) is 2.26. The Morgan fingerprint density at radius 2 is 2.17 bits per heavy atom. The fourth-order valence-corrected chi connectivity index (χ4v) is 2.26. The van der Waals surface area contributed by atoms with Gasteiger partial charge in [-0.05, 0) is 36.8 Å². The van der Waals surface area contributed by atoms with Crippen LogP contribution in [0.1, 0.15) is 15.9 Å². The molecule has 0 unspecified atom stereocenters. The van der Waals surface area contributed by atoms with Crippen LogP contribution in [0.15, 0.2) is 36.7 Å². The van der Waals surface area contributed by atoms with Crippen molar-refractivity contribution >= 4 is 11.9 Å². The molecule has 1 N–H and O–H groups in total. The fraction of sp³-hybridized carbons (Fsp3) is 0.312. The number of carbonyl (C=O) groups excluding carboxylic acids is 1. The molecule has 0 aliphatic carbocycles. The van der Waals surface area contributed by atoms with E-state index in [-0.39, 0.29) is 25.6 Å². The number of carbonyl (C=O) groups is 2. The molecule has 23 heavy (non-hydrogen) atoms. The summed E-state index contributed by atoms with van der Waals surface area (Å²) in [4.78, 5) is 24.7. The van der Waals surface area contributed by atoms with E-state index < -0.39 is 5.97 Å². The van der Waals surface area contributed by atoms with Crippen LogP contribution in [-0.2, 0) is 9.53 Å². The van der Waals surface area contributed by atoms with Crippen molar-refractivity contribution in [3.05, 3.63) is 47.8 Å². The molecule has 1 aromatic carbocycles. The Morgan fingerprint density at radius 3 is 2.74 bits per heavy atom. The molecule has 0 spiro atoms. The van der Waals surface area contributed by atoms with Gasteiger partial charge >= 0.3 is 5.97 Å². The summed E-state index contributed by atoms with van der Waals surface area (Å²) in [6.45, 7) is 2.03. The lowest BCUT2D eigenvalue weighted by Crippen LogP contribution is -2.38. The van der Waals surface area contributed by atoms with Crippen molar-refractivity contribution in [1.82, 2.24) is 14.7 Å². The van der Waals surface area contributed by atoms with Crippen molar-refractivity contribution < 1.29 is 19.4 Å². The third-order valence-electron chi connectivity index (χ3n) is 3.37. The van der Waals surface area contributed by atoms with Crippen molar-refractivity contribution in [3.63, 3.8) is 0 Å². The van der Waals surface area contributed by atoms with Crippen molar-refractivity contribution in [2.75, 3.05) is 26.8 Å². The van der Waals surface area contributed by atoms with Crippen LogP contribution in [0.4, 0.5) is 0 Å². The number of nitrogens with zero attached hydrogens (tertiary/aromatic N) is 3. The maximum absolute atomic E-state index is 12.5. The quantitative estimate of drug-likeness (QED) is 0.833. The summed E-state index contributed by atoms with van der Waals surface area (Å²) in [5, 5.41) is 13.1. The maximum atomic E-state index is 12.5. The van der Waals surface area contributed by atoms with Crippen molar-refractivity contribution in [3.8, 4) is 5.69 Å². The molecule has 2 rings (SSSR count). The highest BCUT2D eigenvalue weighted by Gasteiger charge is 2.19. The molecule has 0 aliphatic heterocycles. The number of benzene rings is 1. The lowest BCUT2D eigenvalue weighted by molar-refractivity contribution is -0.137. The third-order valence-corrected chi connectivity index (χ3v) is 3.37. The standard InChI is InChI=1S/C16H19N3O4/c1-12-10-13(4-5-14(12)19-7-3-6-17-19)16(22)18(8-9-23-2)11-15(20)21/h3-7,10H,8-9,11H2,1-2H3,(H,20,21). The molecule has 1 heterocycles. The van der Waals surface area contributed by atoms with Gasteiger partial charge in [0.05, 0.1) is 12.3 Å². The Hall–Kier alpha value is -2.67. The van der Waals surface area contributed by atoms with Crippen molar-refractivity contribution in [1.29, 1.82) is 0 Å². The second-order valence-electron chi connectivity index (χ2n) is 5.07. The largest absolute Gasteiger partial charge is 0.480 e. The number of aliphatic carboxylic acids is 1. The van der Waals surface area contributed by atoms with Gasteiger partial charge in [0, 0.05) is 31.6 Å². The van der Waals surface area contributed by atoms with E-state index in [4.69, 9.17) is 9.84 Å². The summed E-state index contributed by atoms with van der Waals surface area (Å²) in [5.74, 6) is -1.39. The number of methoxy groups -OCH3 is 1. The minimum atomic E-state index is -1.06. The van der Waals surface area contributed by atoms with Gasteiger partial charge < -0.3 is 14.7 Å². The Kier molecular flexibility index (Phi) is 5.48. The van der Waals surface area contributed by atoms with Crippen LogP contribution in [0.5, 0.6) is 0 Å². The first-order valence-corrected chi connectivity index (χ1v) is 7.13. The SMILES string of the molecule is COCCN(CC(=O)O)C(=O)c1ccc(-n2cccn2)c(C)c1. The van der Waals surface area contributed by atoms with Crippen molar-refractivity contribution in [2.24, 2.45) is 0 Å². The lowest BCUT2D eigenvalue weighted by Gasteiger charge is -2.21. The molecule has 122 valence electrons. The highest BCUT2D eigenvalue weighted by atomic mass is 16.5. The van der Waals surface area contributed by atoms with E-state index >= 15 is 0 Å². The molecular formula is C16H19N3O4. The van der Waals surface area contributed by atoms with Gasteiger partial charge in [-0.2, -0.15) is 5.10 Å². The van der Waals surface area contributed by atoms with Gasteiger partial charge in [-0.3, -0.25) is 9.59 Å². The van der Waals surface area contributed by atoms with Crippen LogP contribution in [-0.4, -0.2) is 58.5 Å². The van der Waals surface area contributed by atoms with Crippen LogP contribution >= 0.6 is 0 Å². The number of ether oxygens (including phenoxy) is 1. The zero-order chi connectivity index (χ0) is 16.8. The second kappa shape index (κ2) is 7.55. The highest BCUT2D eigenvalue weighted by Crippen LogP contribution is 2.16. The van der Waals surface area contributed by atoms with Crippen LogP contribution in [0, 0.1) is 6.92 Å². The number of carboxylic acids is 1. The van der Waals surface area contributed by atoms with Crippen LogP contribution < -0.4 is 0 Å². The first-order chi connectivity index (χ1) is 11.0. The van der Waals surface area contributed by atoms with Crippen molar-refractivity contribution in [2.45, 2.75) is 6.92 Å². The van der Waals surface area contributed by atoms with E-state index in [2.05, 4.69) is 5.10 Å². The normalized spacial score (nSPS) is 10.5. The number of amides is 1. The molecule has 0 saturated carbocycles. The predicted octanol–water partition coefficient (Wildman–Crippen LogP) is 1.35. The lowest BCUT2D eigenvalue weighted by atomic mass is 10.1. The summed E-state index contributed by atoms with van der Waals surface area (Å²) < 4.78 is 6.65. The van der Waals surface area contributed by atoms with Gasteiger partial charge in [0.1, 0.15) is 6.54 Å². The minimum Gasteiger partial charge on any atom is -0.480 e. The molecule has 1 amide bonds. The Bertz CT molecular complexity index is 683. The molecule has 0 aliphatic rings. The molecule has 2 aromatic rings. The summed E-state index contributed by atoms with van der Waals surface area (Å²) in [5.41, 5.74) is 2.19. The second-order valence-corrected chi connectivity index (χ2v) is 5.07. The Balaban J connectivity index is 2.23. The minimum absolute atomic E-state index is 0.224. The zero-order valence-corrected chi connectivity index (χ0v) is 13.1. The average Bonchev–Trinajstić information content (AvgIpc) is 3.04. The summed E-state index contributed by atoms with van der Waals surface area (Å²) in [6.07, 6.45) is 3.50. The maximum Gasteiger partial charge on any atom is 0.323 e. The summed E-state index contributed by atoms with van der Waals surface area (Å²) in [6, 6.07) is 7.03. The molecular weight excluding hydrogens is 298 g/mol. The third kappa shape index (κ3) is 4.17. The number of hydrogen-bond donors (Lipinski definition) is 1. The van der Waals surface area contributed by atoms with Gasteiger partial charge in [-0.25, -0.2) is 4.68 Å². The Labute approximate surface area is 134 Å². The number of aryl methyl sites for hydroxylation is 1. The predicted molar refractivity (Wildman–Crippen MR) is 83.7 cm³/mol. The van der Waals surface area contributed by atoms with E-state index in [1.165, 1.54) is 12.0 Å². The highest BCUT2D eigenvalue weighted by molar-refractivity contribution is 5.96. The first-order valence-electron chi connectivity index (χ1n) is 7.13. The zero-order valence-electron chi connectivity index (χ0n) is 13.1. The molecule has 0 bridgehead atoms. The topological polar surface area (TPSA) is 84.7 Å². The van der Waals surface area contributed by atoms with E-state index in [1.807, 2.05) is 19.2 Å². The van der Waals surface area contributed by atoms with Gasteiger partial charge in [0.15, 0.2) is 0 Å². The number of hydrogen-bond acceptors (Lipinski definition) is 4. The van der Waals surface area contributed by atoms with Crippen LogP contribution in [0.2, 0.25) is 0 Å². The van der Waals surface area contributed by atoms with Gasteiger partial charge in [0.25, 0.3) is 5.91 Å². The number of aromatic nitrogens is 2. The molecule has 0 atom stereocenters. The molecule has 7 nitrogen and oxygen atoms in total. The molecule has 1 aromatic heterocycles. The van der Waals surface area contributed by atoms with Gasteiger partial charge in [0.2, 0.25) is 0 Å². The smallest absolute Gasteiger partial charge is 0.323 e. The first kappa shape index (κ1) is 16.7. The molecule has 0 radical (unpaired) electrons. The molecule has 0 fully saturated rings. The number of rotatable bonds is 7. The summed E-state index contributed by atoms with van der Waals surface area (Å²) >= 11 is 0. The van der Waals surface area contributed by atoms with E-state index in [1.54, 1.807) is 29.1 Å².